The standard InChI is InChI=1S/2C12H9N2O2.2C9H12O2.4C2H6.2V/c1-9-13-6-11(7-14-9)10-2-4-12(5-3-10)16-8-15;1-9-6-13-12(14-7-9)10-2-4-11(5-3-10)16-8-15;2*1-3-10-11-9-6-4-8(2)5-7-9;4*1-2;;/h2*2-7H,1H3;2*4-7H,3H2,1-2H3;4*1-2H3;;/q2*-1;;;;;;;;. The van der Waals surface area contributed by atoms with E-state index in [0.717, 1.165) is 39.6 Å². The summed E-state index contributed by atoms with van der Waals surface area (Å²) in [5.74, 6) is 3.79. The van der Waals surface area contributed by atoms with Crippen LogP contribution in [0.2, 0.25) is 0 Å². The van der Waals surface area contributed by atoms with Crippen molar-refractivity contribution in [3.63, 3.8) is 0 Å². The summed E-state index contributed by atoms with van der Waals surface area (Å²) in [4.78, 5) is 55.9. The number of hydrogen-bond donors (Lipinski definition) is 0. The van der Waals surface area contributed by atoms with Gasteiger partial charge in [0.2, 0.25) is 0 Å². The van der Waals surface area contributed by atoms with Crippen LogP contribution in [0.25, 0.3) is 22.5 Å². The zero-order chi connectivity index (χ0) is 47.0. The number of nitrogens with zero attached hydrogens (tertiary/aromatic N) is 4. The number of benzene rings is 4. The Balaban J connectivity index is -0.000000356. The maximum atomic E-state index is 10.00. The molecule has 0 spiro atoms. The molecule has 0 fully saturated rings. The van der Waals surface area contributed by atoms with Crippen molar-refractivity contribution in [2.45, 2.75) is 96.9 Å². The van der Waals surface area contributed by atoms with Crippen LogP contribution in [0.1, 0.15) is 91.8 Å². The second-order valence-corrected chi connectivity index (χ2v) is 11.1. The van der Waals surface area contributed by atoms with E-state index in [1.165, 1.54) is 24.1 Å². The molecule has 0 unspecified atom stereocenters. The molecule has 12 nitrogen and oxygen atoms in total. The number of rotatable bonds is 12. The molecule has 0 atom stereocenters. The molecule has 0 amide bonds. The largest absolute Gasteiger partial charge is 0.610 e. The summed E-state index contributed by atoms with van der Waals surface area (Å²) in [6.45, 7) is 31.5. The van der Waals surface area contributed by atoms with E-state index >= 15 is 0 Å². The first kappa shape index (κ1) is 65.3. The van der Waals surface area contributed by atoms with Crippen molar-refractivity contribution in [1.29, 1.82) is 0 Å². The summed E-state index contributed by atoms with van der Waals surface area (Å²) in [6, 6.07) is 29.4. The van der Waals surface area contributed by atoms with Gasteiger partial charge in [0, 0.05) is 73.0 Å². The summed E-state index contributed by atoms with van der Waals surface area (Å²) in [6.07, 6.45) is 7.02. The molecule has 6 rings (SSSR count). The topological polar surface area (TPSA) is 141 Å². The molecule has 14 heteroatoms. The van der Waals surface area contributed by atoms with Gasteiger partial charge in [0.1, 0.15) is 5.82 Å². The van der Waals surface area contributed by atoms with Crippen LogP contribution >= 0.6 is 0 Å². The number of ether oxygens (including phenoxy) is 2. The molecule has 0 aliphatic carbocycles. The first-order valence-electron chi connectivity index (χ1n) is 20.8. The number of hydrogen-bond acceptors (Lipinski definition) is 12. The first-order chi connectivity index (χ1) is 30.2. The molecule has 0 aliphatic heterocycles. The molecule has 6 aromatic rings. The van der Waals surface area contributed by atoms with Gasteiger partial charge < -0.3 is 28.8 Å². The van der Waals surface area contributed by atoms with Crippen LogP contribution in [-0.2, 0) is 56.5 Å². The van der Waals surface area contributed by atoms with Gasteiger partial charge in [0.15, 0.2) is 30.3 Å². The van der Waals surface area contributed by atoms with E-state index in [4.69, 9.17) is 19.6 Å². The second-order valence-electron chi connectivity index (χ2n) is 11.1. The van der Waals surface area contributed by atoms with Gasteiger partial charge in [-0.3, -0.25) is 0 Å². The molecule has 0 N–H and O–H groups in total. The molecule has 2 heterocycles. The van der Waals surface area contributed by atoms with E-state index in [2.05, 4.69) is 29.4 Å². The van der Waals surface area contributed by atoms with E-state index in [9.17, 15) is 9.59 Å². The molecule has 0 bridgehead atoms. The fraction of sp³-hybridized carbons (Fsp3) is 0.320. The van der Waals surface area contributed by atoms with Crippen LogP contribution < -0.4 is 19.2 Å². The van der Waals surface area contributed by atoms with Gasteiger partial charge in [0.25, 0.3) is 0 Å². The van der Waals surface area contributed by atoms with Crippen LogP contribution in [0.3, 0.4) is 0 Å². The minimum absolute atomic E-state index is 0. The maximum Gasteiger partial charge on any atom is 0.170 e. The van der Waals surface area contributed by atoms with Crippen molar-refractivity contribution in [2.75, 3.05) is 13.2 Å². The van der Waals surface area contributed by atoms with Gasteiger partial charge in [-0.25, -0.2) is 19.9 Å². The molecule has 2 radical (unpaired) electrons. The number of aryl methyl sites for hydroxylation is 4. The number of carbonyl (C=O) groups excluding carboxylic acids is 2. The van der Waals surface area contributed by atoms with Gasteiger partial charge in [-0.1, -0.05) is 115 Å². The summed E-state index contributed by atoms with van der Waals surface area (Å²) in [7, 11) is 0. The average Bonchev–Trinajstić information content (AvgIpc) is 3.33. The molecule has 0 saturated carbocycles. The Morgan fingerprint density at radius 2 is 0.734 bits per heavy atom. The monoisotopic (exact) mass is 952 g/mol. The quantitative estimate of drug-likeness (QED) is 0.0655. The van der Waals surface area contributed by atoms with Crippen molar-refractivity contribution in [3.8, 4) is 45.5 Å². The Kier molecular flexibility index (Phi) is 45.2. The fourth-order valence-electron chi connectivity index (χ4n) is 4.01. The Hall–Kier alpha value is -5.33. The molecule has 2 aromatic heterocycles. The fourth-order valence-corrected chi connectivity index (χ4v) is 4.01. The smallest absolute Gasteiger partial charge is 0.170 e. The van der Waals surface area contributed by atoms with Crippen molar-refractivity contribution in [1.82, 2.24) is 19.9 Å². The third-order valence-electron chi connectivity index (χ3n) is 6.77. The molecule has 4 aromatic carbocycles. The zero-order valence-corrected chi connectivity index (χ0v) is 42.7. The summed E-state index contributed by atoms with van der Waals surface area (Å²) >= 11 is 0. The Morgan fingerprint density at radius 3 is 1.06 bits per heavy atom. The van der Waals surface area contributed by atoms with Gasteiger partial charge in [0.05, 0.1) is 13.2 Å². The summed E-state index contributed by atoms with van der Waals surface area (Å²) in [5.41, 5.74) is 6.21. The summed E-state index contributed by atoms with van der Waals surface area (Å²) < 4.78 is 9.15. The number of aromatic nitrogens is 4. The SMILES string of the molecule is CC.CC.CC.CC.CCOOc1ccc(C)cc1.CCOOc1ccc(C)cc1.Cc1cnc(-c2ccc(O[C-]=O)cc2)nc1.Cc1ncc(-c2ccc(O[C-]=O)cc2)cn1.[V].[V]. The second kappa shape index (κ2) is 44.3. The van der Waals surface area contributed by atoms with Gasteiger partial charge in [-0.05, 0) is 88.4 Å². The van der Waals surface area contributed by atoms with E-state index in [1.54, 1.807) is 61.2 Å². The van der Waals surface area contributed by atoms with E-state index in [0.29, 0.717) is 30.5 Å². The third kappa shape index (κ3) is 29.9. The Bertz CT molecular complexity index is 1790. The molecule has 64 heavy (non-hydrogen) atoms. The van der Waals surface area contributed by atoms with E-state index < -0.39 is 0 Å². The average molecular weight is 953 g/mol. The predicted octanol–water partition coefficient (Wildman–Crippen LogP) is 12.5. The molecular formula is C50H66N4O8V2-2. The first-order valence-corrected chi connectivity index (χ1v) is 20.8. The van der Waals surface area contributed by atoms with Gasteiger partial charge in [-0.2, -0.15) is 9.78 Å². The van der Waals surface area contributed by atoms with Crippen LogP contribution in [-0.4, -0.2) is 46.1 Å². The Morgan fingerprint density at radius 1 is 0.406 bits per heavy atom. The molecule has 0 aliphatic rings. The third-order valence-corrected chi connectivity index (χ3v) is 6.77. The molecular weight excluding hydrogens is 886 g/mol. The van der Waals surface area contributed by atoms with Crippen LogP contribution in [0, 0.1) is 27.7 Å². The van der Waals surface area contributed by atoms with Gasteiger partial charge >= 0.3 is 0 Å². The van der Waals surface area contributed by atoms with Crippen molar-refractivity contribution in [3.05, 3.63) is 144 Å². The normalized spacial score (nSPS) is 8.59. The predicted molar refractivity (Wildman–Crippen MR) is 249 cm³/mol. The van der Waals surface area contributed by atoms with E-state index in [1.807, 2.05) is 158 Å². The minimum atomic E-state index is 0. The van der Waals surface area contributed by atoms with Crippen molar-refractivity contribution < 1.29 is 75.7 Å². The van der Waals surface area contributed by atoms with Crippen LogP contribution in [0.15, 0.2) is 122 Å². The van der Waals surface area contributed by atoms with Crippen LogP contribution in [0.5, 0.6) is 23.0 Å². The van der Waals surface area contributed by atoms with E-state index in [-0.39, 0.29) is 37.1 Å². The molecule has 346 valence electrons. The maximum absolute atomic E-state index is 10.00. The minimum Gasteiger partial charge on any atom is -0.610 e. The van der Waals surface area contributed by atoms with Crippen molar-refractivity contribution in [2.24, 2.45) is 0 Å². The van der Waals surface area contributed by atoms with Gasteiger partial charge in [-0.15, -0.1) is 24.3 Å². The zero-order valence-electron chi connectivity index (χ0n) is 39.9. The Labute approximate surface area is 406 Å². The van der Waals surface area contributed by atoms with Crippen molar-refractivity contribution >= 4 is 12.9 Å². The molecule has 0 saturated heterocycles. The van der Waals surface area contributed by atoms with Crippen LogP contribution in [0.4, 0.5) is 0 Å². The summed E-state index contributed by atoms with van der Waals surface area (Å²) in [5, 5.41) is 0.